The molecule has 27 heavy (non-hydrogen) atoms. The van der Waals surface area contributed by atoms with Crippen LogP contribution in [0.15, 0.2) is 30.6 Å². The summed E-state index contributed by atoms with van der Waals surface area (Å²) in [6, 6.07) is 7.88. The summed E-state index contributed by atoms with van der Waals surface area (Å²) >= 11 is 0. The predicted molar refractivity (Wildman–Crippen MR) is 109 cm³/mol. The second kappa shape index (κ2) is 8.81. The Labute approximate surface area is 160 Å². The average molecular weight is 368 g/mol. The minimum atomic E-state index is 0.497. The molecule has 7 nitrogen and oxygen atoms in total. The Hall–Kier alpha value is -2.67. The van der Waals surface area contributed by atoms with Crippen LogP contribution in [0.1, 0.15) is 26.7 Å². The van der Waals surface area contributed by atoms with E-state index in [0.717, 1.165) is 48.0 Å². The third-order valence-electron chi connectivity index (χ3n) is 4.77. The maximum absolute atomic E-state index is 5.87. The maximum Gasteiger partial charge on any atom is 0.228 e. The molecule has 1 fully saturated rings. The van der Waals surface area contributed by atoms with Crippen LogP contribution in [0.5, 0.6) is 5.75 Å². The molecule has 0 radical (unpaired) electrons. The van der Waals surface area contributed by atoms with Crippen molar-refractivity contribution in [2.24, 2.45) is 11.7 Å². The van der Waals surface area contributed by atoms with Crippen LogP contribution < -0.4 is 15.4 Å². The minimum absolute atomic E-state index is 0.497. The summed E-state index contributed by atoms with van der Waals surface area (Å²) in [6.45, 7) is 6.55. The summed E-state index contributed by atoms with van der Waals surface area (Å²) in [5.74, 6) is 2.04. The van der Waals surface area contributed by atoms with E-state index in [4.69, 9.17) is 15.5 Å². The number of rotatable bonds is 4. The van der Waals surface area contributed by atoms with Crippen molar-refractivity contribution in [1.82, 2.24) is 19.9 Å². The predicted octanol–water partition coefficient (Wildman–Crippen LogP) is 3.23. The highest BCUT2D eigenvalue weighted by Crippen LogP contribution is 2.29. The van der Waals surface area contributed by atoms with Crippen LogP contribution in [-0.4, -0.2) is 46.7 Å². The Morgan fingerprint density at radius 2 is 2.00 bits per heavy atom. The van der Waals surface area contributed by atoms with Gasteiger partial charge in [-0.25, -0.2) is 9.97 Å². The van der Waals surface area contributed by atoms with Gasteiger partial charge in [-0.3, -0.25) is 0 Å². The Morgan fingerprint density at radius 1 is 1.22 bits per heavy atom. The van der Waals surface area contributed by atoms with Gasteiger partial charge in [0.2, 0.25) is 5.95 Å². The Kier molecular flexibility index (Phi) is 6.24. The van der Waals surface area contributed by atoms with Gasteiger partial charge in [0, 0.05) is 18.7 Å². The van der Waals surface area contributed by atoms with Gasteiger partial charge in [0.1, 0.15) is 17.0 Å². The smallest absolute Gasteiger partial charge is 0.228 e. The lowest BCUT2D eigenvalue weighted by atomic mass is 9.99. The van der Waals surface area contributed by atoms with Gasteiger partial charge in [-0.2, -0.15) is 4.98 Å². The second-order valence-corrected chi connectivity index (χ2v) is 6.39. The molecule has 7 heteroatoms. The molecular weight excluding hydrogens is 340 g/mol. The van der Waals surface area contributed by atoms with Gasteiger partial charge >= 0.3 is 0 Å². The molecule has 1 saturated heterocycles. The zero-order valence-corrected chi connectivity index (χ0v) is 16.3. The summed E-state index contributed by atoms with van der Waals surface area (Å²) < 4.78 is 5.25. The molecule has 1 aromatic carbocycles. The summed E-state index contributed by atoms with van der Waals surface area (Å²) in [6.07, 6.45) is 3.94. The maximum atomic E-state index is 5.87. The van der Waals surface area contributed by atoms with E-state index in [2.05, 4.69) is 19.9 Å². The topological polar surface area (TPSA) is 92.9 Å². The van der Waals surface area contributed by atoms with Crippen LogP contribution in [0.2, 0.25) is 0 Å². The fourth-order valence-corrected chi connectivity index (χ4v) is 3.36. The third-order valence-corrected chi connectivity index (χ3v) is 4.77. The number of H-pyrrole nitrogens is 1. The van der Waals surface area contributed by atoms with Crippen LogP contribution in [0.4, 0.5) is 5.95 Å². The highest BCUT2D eigenvalue weighted by atomic mass is 16.5. The van der Waals surface area contributed by atoms with Crippen LogP contribution >= 0.6 is 0 Å². The summed E-state index contributed by atoms with van der Waals surface area (Å²) in [5, 5.41) is 0. The third kappa shape index (κ3) is 4.03. The number of hydrogen-bond acceptors (Lipinski definition) is 6. The van der Waals surface area contributed by atoms with Gasteiger partial charge in [-0.15, -0.1) is 0 Å². The van der Waals surface area contributed by atoms with Crippen LogP contribution in [-0.2, 0) is 0 Å². The van der Waals surface area contributed by atoms with E-state index in [0.29, 0.717) is 18.1 Å². The molecule has 0 amide bonds. The summed E-state index contributed by atoms with van der Waals surface area (Å²) in [4.78, 5) is 19.2. The molecule has 1 unspecified atom stereocenters. The lowest BCUT2D eigenvalue weighted by Crippen LogP contribution is -2.39. The van der Waals surface area contributed by atoms with E-state index >= 15 is 0 Å². The first-order valence-corrected chi connectivity index (χ1v) is 9.59. The van der Waals surface area contributed by atoms with Gasteiger partial charge in [0.15, 0.2) is 5.65 Å². The molecule has 3 aromatic rings. The van der Waals surface area contributed by atoms with E-state index in [1.54, 1.807) is 13.4 Å². The summed E-state index contributed by atoms with van der Waals surface area (Å²) in [5.41, 5.74) is 9.27. The molecule has 144 valence electrons. The van der Waals surface area contributed by atoms with Crippen molar-refractivity contribution in [2.75, 3.05) is 31.6 Å². The van der Waals surface area contributed by atoms with E-state index in [9.17, 15) is 0 Å². The van der Waals surface area contributed by atoms with Crippen molar-refractivity contribution in [3.05, 3.63) is 30.6 Å². The number of ether oxygens (including phenoxy) is 1. The number of anilines is 1. The molecule has 3 N–H and O–H groups in total. The zero-order chi connectivity index (χ0) is 19.2. The van der Waals surface area contributed by atoms with Crippen LogP contribution in [0.25, 0.3) is 22.4 Å². The number of fused-ring (bicyclic) bond motifs is 1. The zero-order valence-electron chi connectivity index (χ0n) is 16.3. The second-order valence-electron chi connectivity index (χ2n) is 6.39. The van der Waals surface area contributed by atoms with Crippen molar-refractivity contribution in [2.45, 2.75) is 26.7 Å². The molecule has 0 aliphatic carbocycles. The van der Waals surface area contributed by atoms with E-state index in [-0.39, 0.29) is 0 Å². The number of imidazole rings is 1. The summed E-state index contributed by atoms with van der Waals surface area (Å²) in [7, 11) is 1.66. The van der Waals surface area contributed by atoms with Gasteiger partial charge in [-0.1, -0.05) is 13.8 Å². The largest absolute Gasteiger partial charge is 0.497 e. The molecule has 1 aliphatic rings. The first-order chi connectivity index (χ1) is 13.3. The van der Waals surface area contributed by atoms with Crippen LogP contribution in [0, 0.1) is 5.92 Å². The van der Waals surface area contributed by atoms with Gasteiger partial charge in [0.05, 0.1) is 13.4 Å². The van der Waals surface area contributed by atoms with E-state index in [1.807, 2.05) is 38.1 Å². The SMILES string of the molecule is CC.COc1ccc(-c2nc(N3CCCC(CN)C3)nc3nc[nH]c23)cc1. The monoisotopic (exact) mass is 368 g/mol. The van der Waals surface area contributed by atoms with Crippen molar-refractivity contribution >= 4 is 17.1 Å². The van der Waals surface area contributed by atoms with Crippen molar-refractivity contribution in [3.63, 3.8) is 0 Å². The molecule has 1 aliphatic heterocycles. The van der Waals surface area contributed by atoms with Crippen molar-refractivity contribution < 1.29 is 4.74 Å². The number of aromatic amines is 1. The fourth-order valence-electron chi connectivity index (χ4n) is 3.36. The Bertz CT molecular complexity index is 861. The van der Waals surface area contributed by atoms with E-state index < -0.39 is 0 Å². The molecule has 3 heterocycles. The Balaban J connectivity index is 0.00000102. The number of nitrogens with zero attached hydrogens (tertiary/aromatic N) is 4. The Morgan fingerprint density at radius 3 is 2.70 bits per heavy atom. The highest BCUT2D eigenvalue weighted by molar-refractivity contribution is 5.88. The number of piperidine rings is 1. The minimum Gasteiger partial charge on any atom is -0.497 e. The molecule has 0 spiro atoms. The lowest BCUT2D eigenvalue weighted by Gasteiger charge is -2.32. The van der Waals surface area contributed by atoms with Crippen molar-refractivity contribution in [3.8, 4) is 17.0 Å². The quantitative estimate of drug-likeness (QED) is 0.734. The number of hydrogen-bond donors (Lipinski definition) is 2. The van der Waals surface area contributed by atoms with Crippen molar-refractivity contribution in [1.29, 1.82) is 0 Å². The number of nitrogens with one attached hydrogen (secondary N) is 1. The average Bonchev–Trinajstić information content (AvgIpc) is 3.23. The number of nitrogens with two attached hydrogens (primary N) is 1. The van der Waals surface area contributed by atoms with Crippen LogP contribution in [0.3, 0.4) is 0 Å². The molecule has 2 aromatic heterocycles. The first kappa shape index (κ1) is 19.1. The molecular formula is C20H28N6O. The molecule has 1 atom stereocenters. The van der Waals surface area contributed by atoms with Gasteiger partial charge in [0.25, 0.3) is 0 Å². The van der Waals surface area contributed by atoms with E-state index in [1.165, 1.54) is 6.42 Å². The highest BCUT2D eigenvalue weighted by Gasteiger charge is 2.22. The lowest BCUT2D eigenvalue weighted by molar-refractivity contribution is 0.415. The number of benzene rings is 1. The standard InChI is InChI=1S/C18H22N6O.C2H6/c1-25-14-6-4-13(5-7-14)15-16-17(21-11-20-16)23-18(22-15)24-8-2-3-12(9-19)10-24;1-2/h4-7,11-12H,2-3,8-10,19H2,1H3,(H,20,21,22,23);1-2H3. The normalized spacial score (nSPS) is 16.7. The molecule has 0 saturated carbocycles. The first-order valence-electron chi connectivity index (χ1n) is 9.59. The number of aromatic nitrogens is 4. The van der Waals surface area contributed by atoms with Gasteiger partial charge < -0.3 is 20.4 Å². The fraction of sp³-hybridized carbons (Fsp3) is 0.450. The molecule has 0 bridgehead atoms. The number of methoxy groups -OCH3 is 1. The van der Waals surface area contributed by atoms with Gasteiger partial charge in [-0.05, 0) is 49.6 Å². The molecule has 4 rings (SSSR count).